The van der Waals surface area contributed by atoms with Gasteiger partial charge < -0.3 is 5.11 Å². The zero-order valence-corrected chi connectivity index (χ0v) is 12.1. The number of aromatic amines is 1. The second-order valence-corrected chi connectivity index (χ2v) is 5.68. The summed E-state index contributed by atoms with van der Waals surface area (Å²) in [6.45, 7) is 1.74. The van der Waals surface area contributed by atoms with Gasteiger partial charge in [-0.3, -0.25) is 0 Å². The highest BCUT2D eigenvalue weighted by Gasteiger charge is 2.13. The van der Waals surface area contributed by atoms with Gasteiger partial charge >= 0.3 is 0 Å². The van der Waals surface area contributed by atoms with E-state index in [4.69, 9.17) is 5.26 Å². The minimum atomic E-state index is -0.466. The standard InChI is InChI=1S/C15H12N4OS/c1-9(20)10-2-4-11(5-3-10)13-6-7-14(21-13)15-12(8-16)17-19-18-15/h2-7,9,20H,1H3,(H,17,18,19). The van der Waals surface area contributed by atoms with Crippen molar-refractivity contribution in [1.29, 1.82) is 5.26 Å². The van der Waals surface area contributed by atoms with Crippen molar-refractivity contribution in [3.05, 3.63) is 47.7 Å². The van der Waals surface area contributed by atoms with Gasteiger partial charge in [-0.1, -0.05) is 24.3 Å². The third-order valence-electron chi connectivity index (χ3n) is 3.17. The van der Waals surface area contributed by atoms with Crippen molar-refractivity contribution in [2.24, 2.45) is 0 Å². The molecule has 0 saturated carbocycles. The van der Waals surface area contributed by atoms with Gasteiger partial charge in [0.05, 0.1) is 11.0 Å². The normalized spacial score (nSPS) is 12.0. The van der Waals surface area contributed by atoms with E-state index in [-0.39, 0.29) is 0 Å². The van der Waals surface area contributed by atoms with Crippen molar-refractivity contribution < 1.29 is 5.11 Å². The van der Waals surface area contributed by atoms with E-state index in [1.54, 1.807) is 18.3 Å². The van der Waals surface area contributed by atoms with E-state index >= 15 is 0 Å². The Morgan fingerprint density at radius 3 is 2.52 bits per heavy atom. The second-order valence-electron chi connectivity index (χ2n) is 4.59. The van der Waals surface area contributed by atoms with E-state index in [0.29, 0.717) is 11.4 Å². The molecule has 0 aliphatic rings. The van der Waals surface area contributed by atoms with Crippen LogP contribution >= 0.6 is 11.3 Å². The highest BCUT2D eigenvalue weighted by Crippen LogP contribution is 2.34. The summed E-state index contributed by atoms with van der Waals surface area (Å²) in [6, 6.07) is 13.7. The quantitative estimate of drug-likeness (QED) is 0.777. The molecular weight excluding hydrogens is 284 g/mol. The topological polar surface area (TPSA) is 85.6 Å². The summed E-state index contributed by atoms with van der Waals surface area (Å²) in [5.41, 5.74) is 2.83. The molecule has 5 nitrogen and oxygen atoms in total. The Kier molecular flexibility index (Phi) is 3.52. The fourth-order valence-corrected chi connectivity index (χ4v) is 3.03. The van der Waals surface area contributed by atoms with Gasteiger partial charge in [-0.05, 0) is 30.2 Å². The van der Waals surface area contributed by atoms with Gasteiger partial charge in [0.15, 0.2) is 5.69 Å². The number of nitriles is 1. The highest BCUT2D eigenvalue weighted by molar-refractivity contribution is 7.18. The number of H-pyrrole nitrogens is 1. The van der Waals surface area contributed by atoms with Crippen LogP contribution in [-0.2, 0) is 0 Å². The molecule has 6 heteroatoms. The SMILES string of the molecule is CC(O)c1ccc(-c2ccc(-c3n[nH]nc3C#N)s2)cc1. The molecule has 0 bridgehead atoms. The Hall–Kier alpha value is -2.49. The minimum Gasteiger partial charge on any atom is -0.389 e. The smallest absolute Gasteiger partial charge is 0.191 e. The average molecular weight is 296 g/mol. The largest absolute Gasteiger partial charge is 0.389 e. The molecule has 2 N–H and O–H groups in total. The van der Waals surface area contributed by atoms with E-state index in [1.807, 2.05) is 42.5 Å². The lowest BCUT2D eigenvalue weighted by Crippen LogP contribution is -1.89. The van der Waals surface area contributed by atoms with Gasteiger partial charge in [0, 0.05) is 4.88 Å². The summed E-state index contributed by atoms with van der Waals surface area (Å²) in [4.78, 5) is 1.98. The molecular formula is C15H12N4OS. The van der Waals surface area contributed by atoms with Crippen LogP contribution in [0.4, 0.5) is 0 Å². The number of aliphatic hydroxyl groups is 1. The number of hydrogen-bond acceptors (Lipinski definition) is 5. The summed E-state index contributed by atoms with van der Waals surface area (Å²) < 4.78 is 0. The second kappa shape index (κ2) is 5.48. The molecule has 1 unspecified atom stereocenters. The van der Waals surface area contributed by atoms with E-state index in [0.717, 1.165) is 20.9 Å². The number of hydrogen-bond donors (Lipinski definition) is 2. The molecule has 1 aromatic carbocycles. The summed E-state index contributed by atoms with van der Waals surface area (Å²) in [5, 5.41) is 28.8. The number of nitrogens with one attached hydrogen (secondary N) is 1. The predicted octanol–water partition coefficient (Wildman–Crippen LogP) is 3.13. The number of aliphatic hydroxyl groups excluding tert-OH is 1. The van der Waals surface area contributed by atoms with Crippen molar-refractivity contribution in [3.63, 3.8) is 0 Å². The third-order valence-corrected chi connectivity index (χ3v) is 4.31. The maximum atomic E-state index is 9.53. The van der Waals surface area contributed by atoms with Gasteiger partial charge in [-0.15, -0.1) is 16.4 Å². The number of thiophene rings is 1. The summed E-state index contributed by atoms with van der Waals surface area (Å²) >= 11 is 1.55. The summed E-state index contributed by atoms with van der Waals surface area (Å²) in [7, 11) is 0. The van der Waals surface area contributed by atoms with E-state index in [9.17, 15) is 5.11 Å². The van der Waals surface area contributed by atoms with Crippen LogP contribution in [0.3, 0.4) is 0 Å². The van der Waals surface area contributed by atoms with Gasteiger partial charge in [-0.2, -0.15) is 15.6 Å². The first-order valence-corrected chi connectivity index (χ1v) is 7.20. The van der Waals surface area contributed by atoms with Crippen LogP contribution in [0, 0.1) is 11.3 Å². The maximum Gasteiger partial charge on any atom is 0.191 e. The molecule has 0 spiro atoms. The number of nitrogens with zero attached hydrogens (tertiary/aromatic N) is 3. The van der Waals surface area contributed by atoms with E-state index < -0.39 is 6.10 Å². The molecule has 0 saturated heterocycles. The molecule has 0 aliphatic carbocycles. The first kappa shape index (κ1) is 13.5. The molecule has 0 fully saturated rings. The first-order valence-electron chi connectivity index (χ1n) is 6.38. The van der Waals surface area contributed by atoms with Crippen LogP contribution in [-0.4, -0.2) is 20.5 Å². The third kappa shape index (κ3) is 2.57. The van der Waals surface area contributed by atoms with Crippen molar-refractivity contribution in [3.8, 4) is 27.1 Å². The van der Waals surface area contributed by atoms with Gasteiger partial charge in [0.25, 0.3) is 0 Å². The summed E-state index contributed by atoms with van der Waals surface area (Å²) in [5.74, 6) is 0. The Labute approximate surface area is 125 Å². The predicted molar refractivity (Wildman–Crippen MR) is 80.5 cm³/mol. The van der Waals surface area contributed by atoms with Crippen LogP contribution in [0.1, 0.15) is 24.3 Å². The maximum absolute atomic E-state index is 9.53. The molecule has 104 valence electrons. The molecule has 0 amide bonds. The fourth-order valence-electron chi connectivity index (χ4n) is 2.03. The van der Waals surface area contributed by atoms with Crippen molar-refractivity contribution in [2.75, 3.05) is 0 Å². The fraction of sp³-hybridized carbons (Fsp3) is 0.133. The Balaban J connectivity index is 1.93. The summed E-state index contributed by atoms with van der Waals surface area (Å²) in [6.07, 6.45) is -0.466. The van der Waals surface area contributed by atoms with E-state index in [2.05, 4.69) is 15.4 Å². The lowest BCUT2D eigenvalue weighted by atomic mass is 10.1. The molecule has 2 heterocycles. The number of benzene rings is 1. The van der Waals surface area contributed by atoms with Crippen molar-refractivity contribution in [2.45, 2.75) is 13.0 Å². The monoisotopic (exact) mass is 296 g/mol. The van der Waals surface area contributed by atoms with Crippen LogP contribution < -0.4 is 0 Å². The zero-order chi connectivity index (χ0) is 14.8. The first-order chi connectivity index (χ1) is 10.2. The van der Waals surface area contributed by atoms with Gasteiger partial charge in [0.2, 0.25) is 0 Å². The number of aromatic nitrogens is 3. The molecule has 2 aromatic heterocycles. The van der Waals surface area contributed by atoms with Crippen molar-refractivity contribution in [1.82, 2.24) is 15.4 Å². The van der Waals surface area contributed by atoms with Gasteiger partial charge in [0.1, 0.15) is 11.8 Å². The van der Waals surface area contributed by atoms with Crippen LogP contribution in [0.2, 0.25) is 0 Å². The highest BCUT2D eigenvalue weighted by atomic mass is 32.1. The molecule has 21 heavy (non-hydrogen) atoms. The number of rotatable bonds is 3. The molecule has 1 atom stereocenters. The van der Waals surface area contributed by atoms with Crippen LogP contribution in [0.5, 0.6) is 0 Å². The van der Waals surface area contributed by atoms with E-state index in [1.165, 1.54) is 0 Å². The molecule has 0 aliphatic heterocycles. The molecule has 0 radical (unpaired) electrons. The van der Waals surface area contributed by atoms with Crippen molar-refractivity contribution >= 4 is 11.3 Å². The Morgan fingerprint density at radius 1 is 1.14 bits per heavy atom. The van der Waals surface area contributed by atoms with Crippen LogP contribution in [0.25, 0.3) is 21.0 Å². The average Bonchev–Trinajstić information content (AvgIpc) is 3.15. The molecule has 3 aromatic rings. The molecule has 3 rings (SSSR count). The van der Waals surface area contributed by atoms with Gasteiger partial charge in [-0.25, -0.2) is 0 Å². The Bertz CT molecular complexity index is 796. The Morgan fingerprint density at radius 2 is 1.86 bits per heavy atom. The lowest BCUT2D eigenvalue weighted by Gasteiger charge is -2.04. The van der Waals surface area contributed by atoms with Crippen LogP contribution in [0.15, 0.2) is 36.4 Å². The minimum absolute atomic E-state index is 0.299. The zero-order valence-electron chi connectivity index (χ0n) is 11.2. The lowest BCUT2D eigenvalue weighted by molar-refractivity contribution is 0.199.